The maximum absolute atomic E-state index is 6.18. The summed E-state index contributed by atoms with van der Waals surface area (Å²) < 4.78 is 0. The van der Waals surface area contributed by atoms with Gasteiger partial charge in [-0.15, -0.1) is 0 Å². The van der Waals surface area contributed by atoms with Gasteiger partial charge < -0.3 is 15.5 Å². The third-order valence-electron chi connectivity index (χ3n) is 5.51. The van der Waals surface area contributed by atoms with Crippen LogP contribution in [0.2, 0.25) is 0 Å². The fourth-order valence-electron chi connectivity index (χ4n) is 4.15. The van der Waals surface area contributed by atoms with Gasteiger partial charge in [-0.1, -0.05) is 19.8 Å². The van der Waals surface area contributed by atoms with Gasteiger partial charge in [0.05, 0.1) is 0 Å². The van der Waals surface area contributed by atoms with Crippen LogP contribution in [0.5, 0.6) is 0 Å². The molecule has 2 rings (SSSR count). The molecule has 2 unspecified atom stereocenters. The summed E-state index contributed by atoms with van der Waals surface area (Å²) in [6.07, 6.45) is 5.46. The van der Waals surface area contributed by atoms with Crippen LogP contribution in [0.25, 0.3) is 0 Å². The Bertz CT molecular complexity index is 299. The summed E-state index contributed by atoms with van der Waals surface area (Å²) in [5.74, 6) is 0.865. The predicted molar refractivity (Wildman–Crippen MR) is 90.6 cm³/mol. The Labute approximate surface area is 131 Å². The number of hydrogen-bond acceptors (Lipinski definition) is 4. The molecular formula is C17H36N4. The van der Waals surface area contributed by atoms with Crippen LogP contribution < -0.4 is 5.73 Å². The second-order valence-corrected chi connectivity index (χ2v) is 7.83. The topological polar surface area (TPSA) is 35.7 Å². The van der Waals surface area contributed by atoms with Crippen molar-refractivity contribution in [3.05, 3.63) is 0 Å². The van der Waals surface area contributed by atoms with Crippen molar-refractivity contribution in [2.45, 2.75) is 32.6 Å². The molecule has 0 amide bonds. The molecule has 0 aromatic rings. The van der Waals surface area contributed by atoms with E-state index in [-0.39, 0.29) is 0 Å². The molecule has 1 heterocycles. The molecular weight excluding hydrogens is 260 g/mol. The van der Waals surface area contributed by atoms with Crippen LogP contribution in [-0.2, 0) is 0 Å². The first kappa shape index (κ1) is 17.2. The number of likely N-dealkylation sites (N-methyl/N-ethyl adjacent to an activating group) is 1. The molecule has 0 bridgehead atoms. The summed E-state index contributed by atoms with van der Waals surface area (Å²) in [5, 5.41) is 0. The Kier molecular flexibility index (Phi) is 6.48. The zero-order valence-corrected chi connectivity index (χ0v) is 14.5. The summed E-state index contributed by atoms with van der Waals surface area (Å²) in [6.45, 7) is 11.8. The minimum atomic E-state index is 0.406. The second kappa shape index (κ2) is 7.91. The number of hydrogen-bond donors (Lipinski definition) is 1. The molecule has 1 saturated carbocycles. The quantitative estimate of drug-likeness (QED) is 0.802. The zero-order valence-electron chi connectivity index (χ0n) is 14.5. The average molecular weight is 297 g/mol. The van der Waals surface area contributed by atoms with Crippen LogP contribution in [0.1, 0.15) is 32.6 Å². The maximum Gasteiger partial charge on any atom is 0.0110 e. The zero-order chi connectivity index (χ0) is 15.3. The number of nitrogens with two attached hydrogens (primary N) is 1. The molecule has 2 N–H and O–H groups in total. The molecule has 0 aromatic carbocycles. The lowest BCUT2D eigenvalue weighted by Gasteiger charge is -2.45. The number of rotatable bonds is 6. The largest absolute Gasteiger partial charge is 0.330 e. The molecule has 21 heavy (non-hydrogen) atoms. The molecule has 4 heteroatoms. The highest BCUT2D eigenvalue weighted by Crippen LogP contribution is 2.39. The van der Waals surface area contributed by atoms with Gasteiger partial charge in [0, 0.05) is 45.8 Å². The van der Waals surface area contributed by atoms with E-state index in [1.54, 1.807) is 0 Å². The number of nitrogens with zero attached hydrogens (tertiary/aromatic N) is 3. The molecule has 1 saturated heterocycles. The van der Waals surface area contributed by atoms with Crippen molar-refractivity contribution >= 4 is 0 Å². The standard InChI is InChI=1S/C17H36N4/c1-16-5-4-6-17(13-16,14-18)15-21-11-9-20(10-12-21)8-7-19(2)3/h16H,4-15,18H2,1-3H3. The molecule has 4 nitrogen and oxygen atoms in total. The molecule has 1 aliphatic heterocycles. The van der Waals surface area contributed by atoms with Gasteiger partial charge in [-0.3, -0.25) is 4.90 Å². The van der Waals surface area contributed by atoms with Crippen molar-refractivity contribution in [1.29, 1.82) is 0 Å². The van der Waals surface area contributed by atoms with Crippen LogP contribution in [-0.4, -0.2) is 81.2 Å². The van der Waals surface area contributed by atoms with Gasteiger partial charge in [0.2, 0.25) is 0 Å². The summed E-state index contributed by atoms with van der Waals surface area (Å²) in [4.78, 5) is 7.56. The summed E-state index contributed by atoms with van der Waals surface area (Å²) in [7, 11) is 4.32. The fourth-order valence-corrected chi connectivity index (χ4v) is 4.15. The Morgan fingerprint density at radius 2 is 1.81 bits per heavy atom. The van der Waals surface area contributed by atoms with Gasteiger partial charge in [-0.2, -0.15) is 0 Å². The van der Waals surface area contributed by atoms with Crippen LogP contribution >= 0.6 is 0 Å². The summed E-state index contributed by atoms with van der Waals surface area (Å²) >= 11 is 0. The average Bonchev–Trinajstić information content (AvgIpc) is 2.46. The van der Waals surface area contributed by atoms with Crippen LogP contribution in [0.3, 0.4) is 0 Å². The van der Waals surface area contributed by atoms with Crippen molar-refractivity contribution in [3.63, 3.8) is 0 Å². The highest BCUT2D eigenvalue weighted by Gasteiger charge is 2.35. The summed E-state index contributed by atoms with van der Waals surface area (Å²) in [6, 6.07) is 0. The van der Waals surface area contributed by atoms with E-state index in [2.05, 4.69) is 35.7 Å². The van der Waals surface area contributed by atoms with Crippen molar-refractivity contribution in [1.82, 2.24) is 14.7 Å². The van der Waals surface area contributed by atoms with Crippen LogP contribution in [0.15, 0.2) is 0 Å². The van der Waals surface area contributed by atoms with Gasteiger partial charge in [-0.05, 0) is 44.8 Å². The van der Waals surface area contributed by atoms with Gasteiger partial charge >= 0.3 is 0 Å². The van der Waals surface area contributed by atoms with Gasteiger partial charge in [0.1, 0.15) is 0 Å². The molecule has 2 atom stereocenters. The fraction of sp³-hybridized carbons (Fsp3) is 1.00. The first-order valence-electron chi connectivity index (χ1n) is 8.82. The summed E-state index contributed by atoms with van der Waals surface area (Å²) in [5.41, 5.74) is 6.59. The van der Waals surface area contributed by atoms with E-state index >= 15 is 0 Å². The van der Waals surface area contributed by atoms with E-state index in [1.807, 2.05) is 0 Å². The minimum absolute atomic E-state index is 0.406. The molecule has 2 aliphatic rings. The van der Waals surface area contributed by atoms with E-state index in [0.29, 0.717) is 5.41 Å². The predicted octanol–water partition coefficient (Wildman–Crippen LogP) is 1.32. The third-order valence-corrected chi connectivity index (χ3v) is 5.51. The van der Waals surface area contributed by atoms with Gasteiger partial charge in [0.15, 0.2) is 0 Å². The highest BCUT2D eigenvalue weighted by atomic mass is 15.3. The lowest BCUT2D eigenvalue weighted by molar-refractivity contribution is 0.0529. The SMILES string of the molecule is CC1CCCC(CN)(CN2CCN(CCN(C)C)CC2)C1. The molecule has 0 aromatic heterocycles. The van der Waals surface area contributed by atoms with Gasteiger partial charge in [0.25, 0.3) is 0 Å². The van der Waals surface area contributed by atoms with E-state index in [4.69, 9.17) is 5.73 Å². The molecule has 1 aliphatic carbocycles. The van der Waals surface area contributed by atoms with Crippen LogP contribution in [0, 0.1) is 11.3 Å². The lowest BCUT2D eigenvalue weighted by Crippen LogP contribution is -2.53. The lowest BCUT2D eigenvalue weighted by atomic mass is 9.69. The van der Waals surface area contributed by atoms with E-state index in [1.165, 1.54) is 71.5 Å². The Morgan fingerprint density at radius 3 is 2.38 bits per heavy atom. The maximum atomic E-state index is 6.18. The van der Waals surface area contributed by atoms with Crippen molar-refractivity contribution < 1.29 is 0 Å². The molecule has 2 fully saturated rings. The molecule has 0 radical (unpaired) electrons. The van der Waals surface area contributed by atoms with Crippen LogP contribution in [0.4, 0.5) is 0 Å². The first-order valence-corrected chi connectivity index (χ1v) is 8.82. The smallest absolute Gasteiger partial charge is 0.0110 e. The monoisotopic (exact) mass is 296 g/mol. The van der Waals surface area contributed by atoms with E-state index in [0.717, 1.165) is 12.5 Å². The van der Waals surface area contributed by atoms with E-state index < -0.39 is 0 Å². The Hall–Kier alpha value is -0.160. The first-order chi connectivity index (χ1) is 10.0. The molecule has 124 valence electrons. The normalized spacial score (nSPS) is 32.7. The van der Waals surface area contributed by atoms with E-state index in [9.17, 15) is 0 Å². The third kappa shape index (κ3) is 5.20. The van der Waals surface area contributed by atoms with Crippen molar-refractivity contribution in [2.24, 2.45) is 17.1 Å². The second-order valence-electron chi connectivity index (χ2n) is 7.83. The minimum Gasteiger partial charge on any atom is -0.330 e. The van der Waals surface area contributed by atoms with Crippen molar-refractivity contribution in [3.8, 4) is 0 Å². The van der Waals surface area contributed by atoms with Crippen molar-refractivity contribution in [2.75, 3.05) is 66.5 Å². The van der Waals surface area contributed by atoms with Gasteiger partial charge in [-0.25, -0.2) is 0 Å². The number of piperazine rings is 1. The highest BCUT2D eigenvalue weighted by molar-refractivity contribution is 4.90. The molecule has 0 spiro atoms. The Balaban J connectivity index is 1.76. The Morgan fingerprint density at radius 1 is 1.14 bits per heavy atom.